The molecule has 5 heteroatoms. The summed E-state index contributed by atoms with van der Waals surface area (Å²) in [6.07, 6.45) is 3.69. The average Bonchev–Trinajstić information content (AvgIpc) is 2.77. The first kappa shape index (κ1) is 16.1. The van der Waals surface area contributed by atoms with Crippen LogP contribution in [0.4, 0.5) is 0 Å². The van der Waals surface area contributed by atoms with Gasteiger partial charge in [-0.2, -0.15) is 0 Å². The van der Waals surface area contributed by atoms with Crippen molar-refractivity contribution in [2.24, 2.45) is 5.92 Å². The fourth-order valence-electron chi connectivity index (χ4n) is 2.01. The first-order chi connectivity index (χ1) is 9.09. The second-order valence-corrected chi connectivity index (χ2v) is 4.65. The Morgan fingerprint density at radius 3 is 2.05 bits per heavy atom. The summed E-state index contributed by atoms with van der Waals surface area (Å²) in [5.74, 6) is -0.0151. The Morgan fingerprint density at radius 2 is 1.63 bits per heavy atom. The predicted octanol–water partition coefficient (Wildman–Crippen LogP) is 2.76. The van der Waals surface area contributed by atoms with E-state index in [1.807, 2.05) is 31.5 Å². The van der Waals surface area contributed by atoms with E-state index in [-0.39, 0.29) is 0 Å². The summed E-state index contributed by atoms with van der Waals surface area (Å²) in [6.45, 7) is 12.4. The summed E-state index contributed by atoms with van der Waals surface area (Å²) < 4.78 is 19.3. The number of nitrogens with zero attached hydrogens (tertiary/aromatic N) is 2. The van der Waals surface area contributed by atoms with Crippen LogP contribution in [0, 0.1) is 5.92 Å². The molecular formula is C14H26N2O3. The maximum Gasteiger partial charge on any atom is 0.346 e. The van der Waals surface area contributed by atoms with Crippen LogP contribution in [0.2, 0.25) is 0 Å². The van der Waals surface area contributed by atoms with Crippen LogP contribution in [0.1, 0.15) is 40.4 Å². The molecule has 0 aliphatic rings. The lowest BCUT2D eigenvalue weighted by atomic mass is 10.2. The number of hydrogen-bond donors (Lipinski definition) is 0. The van der Waals surface area contributed by atoms with Crippen molar-refractivity contribution >= 4 is 0 Å². The van der Waals surface area contributed by atoms with Gasteiger partial charge in [-0.05, 0) is 26.7 Å². The molecule has 0 amide bonds. The van der Waals surface area contributed by atoms with Gasteiger partial charge in [0.05, 0.1) is 19.8 Å². The molecule has 1 heterocycles. The van der Waals surface area contributed by atoms with E-state index in [1.54, 1.807) is 6.20 Å². The van der Waals surface area contributed by atoms with Crippen LogP contribution in [0.3, 0.4) is 0 Å². The first-order valence-electron chi connectivity index (χ1n) is 7.03. The van der Waals surface area contributed by atoms with Gasteiger partial charge in [-0.3, -0.25) is 0 Å². The average molecular weight is 270 g/mol. The maximum absolute atomic E-state index is 5.75. The molecule has 1 aromatic heterocycles. The van der Waals surface area contributed by atoms with E-state index in [9.17, 15) is 0 Å². The highest BCUT2D eigenvalue weighted by Crippen LogP contribution is 2.28. The van der Waals surface area contributed by atoms with Gasteiger partial charge in [-0.15, -0.1) is 0 Å². The molecule has 19 heavy (non-hydrogen) atoms. The van der Waals surface area contributed by atoms with E-state index in [0.717, 1.165) is 6.54 Å². The molecule has 0 bridgehead atoms. The molecule has 0 aliphatic carbocycles. The molecule has 0 fully saturated rings. The van der Waals surface area contributed by atoms with Crippen LogP contribution in [0.25, 0.3) is 0 Å². The summed E-state index contributed by atoms with van der Waals surface area (Å²) in [4.78, 5) is 4.39. The van der Waals surface area contributed by atoms with E-state index >= 15 is 0 Å². The van der Waals surface area contributed by atoms with Gasteiger partial charge >= 0.3 is 5.97 Å². The second kappa shape index (κ2) is 7.62. The molecule has 0 aliphatic heterocycles. The highest BCUT2D eigenvalue weighted by molar-refractivity contribution is 4.98. The Balaban J connectivity index is 3.11. The molecule has 0 aromatic carbocycles. The van der Waals surface area contributed by atoms with Gasteiger partial charge in [0.15, 0.2) is 5.82 Å². The van der Waals surface area contributed by atoms with Crippen LogP contribution in [-0.4, -0.2) is 29.4 Å². The molecule has 0 saturated heterocycles. The van der Waals surface area contributed by atoms with Crippen LogP contribution in [0.15, 0.2) is 12.4 Å². The fraction of sp³-hybridized carbons (Fsp3) is 0.786. The highest BCUT2D eigenvalue weighted by Gasteiger charge is 2.39. The third-order valence-electron chi connectivity index (χ3n) is 2.55. The standard InChI is InChI=1S/C14H26N2O3/c1-6-17-14(18-7-2,19-8-3)13-15-9-10-16(13)11-12(4)5/h9-10,12H,6-8,11H2,1-5H3. The Labute approximate surface area is 115 Å². The molecule has 1 rings (SSSR count). The SMILES string of the molecule is CCOC(OCC)(OCC)c1nccn1CC(C)C. The zero-order valence-corrected chi connectivity index (χ0v) is 12.7. The molecule has 0 radical (unpaired) electrons. The summed E-state index contributed by atoms with van der Waals surface area (Å²) in [6, 6.07) is 0. The minimum Gasteiger partial charge on any atom is -0.328 e. The zero-order valence-electron chi connectivity index (χ0n) is 12.7. The molecular weight excluding hydrogens is 244 g/mol. The lowest BCUT2D eigenvalue weighted by molar-refractivity contribution is -0.394. The minimum absolute atomic E-state index is 0.495. The normalized spacial score (nSPS) is 12.3. The van der Waals surface area contributed by atoms with Gasteiger partial charge in [-0.1, -0.05) is 13.8 Å². The second-order valence-electron chi connectivity index (χ2n) is 4.65. The molecule has 1 aromatic rings. The molecule has 0 saturated carbocycles. The summed E-state index contributed by atoms with van der Waals surface area (Å²) >= 11 is 0. The molecule has 110 valence electrons. The van der Waals surface area contributed by atoms with Crippen molar-refractivity contribution in [3.8, 4) is 0 Å². The van der Waals surface area contributed by atoms with Crippen LogP contribution >= 0.6 is 0 Å². The number of imidazole rings is 1. The molecule has 0 spiro atoms. The quantitative estimate of drug-likeness (QED) is 0.647. The number of aromatic nitrogens is 2. The Morgan fingerprint density at radius 1 is 1.11 bits per heavy atom. The van der Waals surface area contributed by atoms with E-state index in [2.05, 4.69) is 18.8 Å². The van der Waals surface area contributed by atoms with Crippen molar-refractivity contribution in [2.45, 2.75) is 47.1 Å². The number of ether oxygens (including phenoxy) is 3. The third kappa shape index (κ3) is 4.03. The van der Waals surface area contributed by atoms with Crippen molar-refractivity contribution in [3.05, 3.63) is 18.2 Å². The van der Waals surface area contributed by atoms with E-state index in [4.69, 9.17) is 14.2 Å². The van der Waals surface area contributed by atoms with Crippen molar-refractivity contribution in [2.75, 3.05) is 19.8 Å². The van der Waals surface area contributed by atoms with E-state index in [1.165, 1.54) is 0 Å². The molecule has 5 nitrogen and oxygen atoms in total. The molecule has 0 atom stereocenters. The van der Waals surface area contributed by atoms with E-state index < -0.39 is 5.97 Å². The Kier molecular flexibility index (Phi) is 6.48. The van der Waals surface area contributed by atoms with Crippen molar-refractivity contribution in [1.29, 1.82) is 0 Å². The monoisotopic (exact) mass is 270 g/mol. The van der Waals surface area contributed by atoms with Crippen LogP contribution < -0.4 is 0 Å². The zero-order chi connectivity index (χ0) is 14.3. The molecule has 0 unspecified atom stereocenters. The summed E-state index contributed by atoms with van der Waals surface area (Å²) in [7, 11) is 0. The molecule has 0 N–H and O–H groups in total. The smallest absolute Gasteiger partial charge is 0.328 e. The van der Waals surface area contributed by atoms with Gasteiger partial charge in [0.25, 0.3) is 0 Å². The van der Waals surface area contributed by atoms with Crippen LogP contribution in [0.5, 0.6) is 0 Å². The van der Waals surface area contributed by atoms with Gasteiger partial charge in [0, 0.05) is 18.9 Å². The Bertz CT molecular complexity index is 346. The minimum atomic E-state index is -1.20. The predicted molar refractivity (Wildman–Crippen MR) is 73.6 cm³/mol. The van der Waals surface area contributed by atoms with Gasteiger partial charge in [0.2, 0.25) is 0 Å². The first-order valence-corrected chi connectivity index (χ1v) is 7.03. The number of rotatable bonds is 9. The largest absolute Gasteiger partial charge is 0.346 e. The van der Waals surface area contributed by atoms with Gasteiger partial charge in [-0.25, -0.2) is 4.98 Å². The topological polar surface area (TPSA) is 45.5 Å². The summed E-state index contributed by atoms with van der Waals surface area (Å²) in [5, 5.41) is 0. The lowest BCUT2D eigenvalue weighted by Gasteiger charge is -2.32. The highest BCUT2D eigenvalue weighted by atomic mass is 16.9. The van der Waals surface area contributed by atoms with E-state index in [0.29, 0.717) is 31.6 Å². The van der Waals surface area contributed by atoms with Gasteiger partial charge in [0.1, 0.15) is 0 Å². The summed E-state index contributed by atoms with van der Waals surface area (Å²) in [5.41, 5.74) is 0. The fourth-order valence-corrected chi connectivity index (χ4v) is 2.01. The lowest BCUT2D eigenvalue weighted by Crippen LogP contribution is -2.39. The maximum atomic E-state index is 5.75. The van der Waals surface area contributed by atoms with Gasteiger partial charge < -0.3 is 18.8 Å². The van der Waals surface area contributed by atoms with Crippen molar-refractivity contribution < 1.29 is 14.2 Å². The van der Waals surface area contributed by atoms with Crippen molar-refractivity contribution in [3.63, 3.8) is 0 Å². The Hall–Kier alpha value is -0.910. The number of hydrogen-bond acceptors (Lipinski definition) is 4. The van der Waals surface area contributed by atoms with Crippen molar-refractivity contribution in [1.82, 2.24) is 9.55 Å². The third-order valence-corrected chi connectivity index (χ3v) is 2.55. The van der Waals surface area contributed by atoms with Crippen LogP contribution in [-0.2, 0) is 26.7 Å².